The average molecular weight is 644 g/mol. The molecule has 0 radical (unpaired) electrons. The van der Waals surface area contributed by atoms with E-state index >= 15 is 0 Å². The average Bonchev–Trinajstić information content (AvgIpc) is 3.59. The second-order valence-corrected chi connectivity index (χ2v) is 12.6. The number of carboxylic acid groups (broad SMARTS) is 1. The second-order valence-electron chi connectivity index (χ2n) is 12.6. The molecule has 0 bridgehead atoms. The van der Waals surface area contributed by atoms with Gasteiger partial charge in [0, 0.05) is 61.5 Å². The SMILES string of the molecule is Br.COC1CCN(c2cc(C(=O)CN3Cc4ccc(C5CC5)nc4C3=N)cc(C(C)(C)C)c2OCCCCC(=O)O)C1. The maximum Gasteiger partial charge on any atom is 0.303 e. The topological polar surface area (TPSA) is 116 Å². The van der Waals surface area contributed by atoms with Crippen LogP contribution in [0.15, 0.2) is 24.3 Å². The van der Waals surface area contributed by atoms with Crippen molar-refractivity contribution in [3.63, 3.8) is 0 Å². The number of halogens is 1. The van der Waals surface area contributed by atoms with Crippen LogP contribution < -0.4 is 9.64 Å². The fraction of sp³-hybridized carbons (Fsp3) is 0.562. The lowest BCUT2D eigenvalue weighted by Gasteiger charge is -2.30. The van der Waals surface area contributed by atoms with Crippen LogP contribution in [0.3, 0.4) is 0 Å². The Morgan fingerprint density at radius 3 is 2.55 bits per heavy atom. The van der Waals surface area contributed by atoms with Crippen LogP contribution in [-0.4, -0.2) is 72.0 Å². The highest BCUT2D eigenvalue weighted by atomic mass is 79.9. The van der Waals surface area contributed by atoms with Gasteiger partial charge in [-0.25, -0.2) is 4.98 Å². The molecule has 1 saturated heterocycles. The van der Waals surface area contributed by atoms with Gasteiger partial charge in [0.2, 0.25) is 0 Å². The van der Waals surface area contributed by atoms with Crippen LogP contribution in [0.4, 0.5) is 5.69 Å². The Hall–Kier alpha value is -2.98. The van der Waals surface area contributed by atoms with E-state index in [1.54, 1.807) is 7.11 Å². The molecule has 1 unspecified atom stereocenters. The first-order valence-corrected chi connectivity index (χ1v) is 14.7. The molecule has 1 aromatic carbocycles. The molecule has 9 nitrogen and oxygen atoms in total. The number of ether oxygens (including phenoxy) is 2. The van der Waals surface area contributed by atoms with Crippen molar-refractivity contribution in [1.29, 1.82) is 5.41 Å². The van der Waals surface area contributed by atoms with Crippen molar-refractivity contribution in [2.45, 2.75) is 83.3 Å². The number of carbonyl (C=O) groups is 2. The van der Waals surface area contributed by atoms with Gasteiger partial charge >= 0.3 is 5.97 Å². The third-order valence-corrected chi connectivity index (χ3v) is 8.28. The minimum absolute atomic E-state index is 0. The van der Waals surface area contributed by atoms with E-state index in [4.69, 9.17) is 25.0 Å². The van der Waals surface area contributed by atoms with Gasteiger partial charge in [-0.3, -0.25) is 15.0 Å². The van der Waals surface area contributed by atoms with Gasteiger partial charge in [-0.1, -0.05) is 26.8 Å². The zero-order valence-corrected chi connectivity index (χ0v) is 26.8. The Labute approximate surface area is 258 Å². The fourth-order valence-electron chi connectivity index (χ4n) is 5.69. The normalized spacial score (nSPS) is 18.2. The minimum atomic E-state index is -0.806. The summed E-state index contributed by atoms with van der Waals surface area (Å²) >= 11 is 0. The Kier molecular flexibility index (Phi) is 9.98. The zero-order chi connectivity index (χ0) is 29.3. The van der Waals surface area contributed by atoms with E-state index in [2.05, 4.69) is 37.8 Å². The Morgan fingerprint density at radius 2 is 1.90 bits per heavy atom. The van der Waals surface area contributed by atoms with Gasteiger partial charge in [0.05, 0.1) is 24.9 Å². The number of aromatic nitrogens is 1. The fourth-order valence-corrected chi connectivity index (χ4v) is 5.69. The Balaban J connectivity index is 0.00000405. The highest BCUT2D eigenvalue weighted by molar-refractivity contribution is 8.93. The monoisotopic (exact) mass is 642 g/mol. The number of unbranched alkanes of at least 4 members (excludes halogenated alkanes) is 1. The second kappa shape index (κ2) is 13.1. The van der Waals surface area contributed by atoms with Crippen LogP contribution in [0.25, 0.3) is 0 Å². The van der Waals surface area contributed by atoms with Gasteiger partial charge in [-0.05, 0) is 55.7 Å². The van der Waals surface area contributed by atoms with Gasteiger partial charge in [0.1, 0.15) is 17.3 Å². The first-order valence-electron chi connectivity index (χ1n) is 14.7. The number of hydrogen-bond acceptors (Lipinski definition) is 7. The summed E-state index contributed by atoms with van der Waals surface area (Å²) in [6.45, 7) is 8.82. The number of methoxy groups -OCH3 is 1. The molecule has 2 aromatic rings. The number of pyridine rings is 1. The summed E-state index contributed by atoms with van der Waals surface area (Å²) in [5, 5.41) is 17.8. The molecule has 1 saturated carbocycles. The van der Waals surface area contributed by atoms with E-state index in [-0.39, 0.29) is 47.2 Å². The van der Waals surface area contributed by atoms with E-state index in [0.717, 1.165) is 54.1 Å². The lowest BCUT2D eigenvalue weighted by Crippen LogP contribution is -2.31. The van der Waals surface area contributed by atoms with E-state index in [1.165, 1.54) is 0 Å². The molecular weight excluding hydrogens is 600 g/mol. The molecule has 1 aromatic heterocycles. The third kappa shape index (κ3) is 7.14. The van der Waals surface area contributed by atoms with Gasteiger partial charge < -0.3 is 24.4 Å². The molecular formula is C32H43BrN4O5. The van der Waals surface area contributed by atoms with Crippen LogP contribution in [0.2, 0.25) is 0 Å². The zero-order valence-electron chi connectivity index (χ0n) is 25.1. The summed E-state index contributed by atoms with van der Waals surface area (Å²) in [7, 11) is 1.72. The van der Waals surface area contributed by atoms with Crippen molar-refractivity contribution >= 4 is 40.3 Å². The molecule has 5 rings (SSSR count). The molecule has 2 N–H and O–H groups in total. The lowest BCUT2D eigenvalue weighted by molar-refractivity contribution is -0.137. The van der Waals surface area contributed by atoms with Crippen LogP contribution >= 0.6 is 17.0 Å². The third-order valence-electron chi connectivity index (χ3n) is 8.28. The molecule has 10 heteroatoms. The summed E-state index contributed by atoms with van der Waals surface area (Å²) in [4.78, 5) is 33.6. The van der Waals surface area contributed by atoms with Crippen LogP contribution in [-0.2, 0) is 21.5 Å². The van der Waals surface area contributed by atoms with E-state index < -0.39 is 5.97 Å². The highest BCUT2D eigenvalue weighted by Gasteiger charge is 2.33. The highest BCUT2D eigenvalue weighted by Crippen LogP contribution is 2.42. The molecule has 3 heterocycles. The van der Waals surface area contributed by atoms with Crippen molar-refractivity contribution in [1.82, 2.24) is 9.88 Å². The lowest BCUT2D eigenvalue weighted by atomic mass is 9.84. The predicted molar refractivity (Wildman–Crippen MR) is 168 cm³/mol. The molecule has 42 heavy (non-hydrogen) atoms. The van der Waals surface area contributed by atoms with Crippen molar-refractivity contribution < 1.29 is 24.2 Å². The van der Waals surface area contributed by atoms with Gasteiger partial charge in [0.25, 0.3) is 0 Å². The number of anilines is 1. The largest absolute Gasteiger partial charge is 0.491 e. The molecule has 0 spiro atoms. The number of fused-ring (bicyclic) bond motifs is 1. The molecule has 3 aliphatic rings. The number of aliphatic carboxylic acids is 1. The number of Topliss-reactive ketones (excluding diaryl/α,β-unsaturated/α-hetero) is 1. The summed E-state index contributed by atoms with van der Waals surface area (Å²) in [5.74, 6) is 0.724. The smallest absolute Gasteiger partial charge is 0.303 e. The molecule has 2 fully saturated rings. The van der Waals surface area contributed by atoms with Crippen molar-refractivity contribution in [3.05, 3.63) is 52.3 Å². The number of rotatable bonds is 12. The number of amidine groups is 1. The van der Waals surface area contributed by atoms with Crippen LogP contribution in [0.5, 0.6) is 5.75 Å². The first-order chi connectivity index (χ1) is 19.5. The summed E-state index contributed by atoms with van der Waals surface area (Å²) in [6, 6.07) is 8.00. The summed E-state index contributed by atoms with van der Waals surface area (Å²) < 4.78 is 12.0. The van der Waals surface area contributed by atoms with Gasteiger partial charge in [0.15, 0.2) is 5.78 Å². The Morgan fingerprint density at radius 1 is 1.14 bits per heavy atom. The maximum atomic E-state index is 13.8. The number of hydrogen-bond donors (Lipinski definition) is 2. The molecule has 1 atom stereocenters. The molecule has 2 aliphatic heterocycles. The van der Waals surface area contributed by atoms with Gasteiger partial charge in [-0.2, -0.15) is 0 Å². The standard InChI is InChI=1S/C32H42N4O5.BrH/c1-32(2,3)24-15-22(27(37)19-36-17-21-10-11-25(20-8-9-20)34-29(21)31(36)33)16-26(35-13-12-23(18-35)40-4)30(24)41-14-6-5-7-28(38)39;/h10-11,15-16,20,23,33H,5-9,12-14,17-19H2,1-4H3,(H,38,39);1H. The quantitative estimate of drug-likeness (QED) is 0.223. The number of nitrogens with one attached hydrogen (secondary N) is 1. The maximum absolute atomic E-state index is 13.8. The van der Waals surface area contributed by atoms with Crippen LogP contribution in [0.1, 0.15) is 98.1 Å². The van der Waals surface area contributed by atoms with E-state index in [0.29, 0.717) is 55.5 Å². The van der Waals surface area contributed by atoms with Crippen molar-refractivity contribution in [2.24, 2.45) is 0 Å². The Bertz CT molecular complexity index is 1340. The van der Waals surface area contributed by atoms with Crippen LogP contribution in [0, 0.1) is 5.41 Å². The predicted octanol–water partition coefficient (Wildman–Crippen LogP) is 5.72. The number of nitrogens with zero attached hydrogens (tertiary/aromatic N) is 3. The van der Waals surface area contributed by atoms with E-state index in [9.17, 15) is 9.59 Å². The molecule has 1 aliphatic carbocycles. The van der Waals surface area contributed by atoms with Crippen molar-refractivity contribution in [3.8, 4) is 5.75 Å². The number of benzene rings is 1. The minimum Gasteiger partial charge on any atom is -0.491 e. The van der Waals surface area contributed by atoms with Gasteiger partial charge in [-0.15, -0.1) is 17.0 Å². The van der Waals surface area contributed by atoms with E-state index in [1.807, 2.05) is 17.0 Å². The molecule has 228 valence electrons. The number of ketones is 1. The summed E-state index contributed by atoms with van der Waals surface area (Å²) in [5.41, 5.74) is 4.85. The molecule has 0 amide bonds. The van der Waals surface area contributed by atoms with Crippen molar-refractivity contribution in [2.75, 3.05) is 38.3 Å². The number of carbonyl (C=O) groups excluding carboxylic acids is 1. The number of carboxylic acids is 1. The summed E-state index contributed by atoms with van der Waals surface area (Å²) in [6.07, 6.45) is 4.59. The first kappa shape index (κ1) is 31.9.